The van der Waals surface area contributed by atoms with Crippen molar-refractivity contribution in [1.82, 2.24) is 0 Å². The SMILES string of the molecule is C=C(C)CC(C)N=NC. The number of hydrogen-bond acceptors (Lipinski definition) is 2. The van der Waals surface area contributed by atoms with Gasteiger partial charge in [-0.2, -0.15) is 10.2 Å². The van der Waals surface area contributed by atoms with E-state index in [1.54, 1.807) is 7.05 Å². The van der Waals surface area contributed by atoms with Crippen LogP contribution in [-0.4, -0.2) is 13.1 Å². The van der Waals surface area contributed by atoms with Gasteiger partial charge < -0.3 is 0 Å². The van der Waals surface area contributed by atoms with E-state index in [-0.39, 0.29) is 0 Å². The van der Waals surface area contributed by atoms with Crippen LogP contribution in [0.25, 0.3) is 0 Å². The predicted octanol–water partition coefficient (Wildman–Crippen LogP) is 2.42. The number of nitrogens with zero attached hydrogens (tertiary/aromatic N) is 2. The summed E-state index contributed by atoms with van der Waals surface area (Å²) in [5.41, 5.74) is 1.16. The van der Waals surface area contributed by atoms with Crippen molar-refractivity contribution in [2.45, 2.75) is 26.3 Å². The van der Waals surface area contributed by atoms with Crippen molar-refractivity contribution < 1.29 is 0 Å². The Morgan fingerprint density at radius 1 is 1.67 bits per heavy atom. The standard InChI is InChI=1S/C7H14N2/c1-6(2)5-7(3)9-8-4/h7H,1,5H2,2-4H3. The molecule has 0 aromatic heterocycles. The normalized spacial score (nSPS) is 14.1. The summed E-state index contributed by atoms with van der Waals surface area (Å²) in [5, 5.41) is 7.60. The van der Waals surface area contributed by atoms with Gasteiger partial charge in [-0.1, -0.05) is 5.57 Å². The summed E-state index contributed by atoms with van der Waals surface area (Å²) in [6.07, 6.45) is 0.942. The van der Waals surface area contributed by atoms with Gasteiger partial charge in [0.2, 0.25) is 0 Å². The molecule has 1 atom stereocenters. The molecule has 0 aliphatic rings. The van der Waals surface area contributed by atoms with Crippen molar-refractivity contribution >= 4 is 0 Å². The van der Waals surface area contributed by atoms with Crippen molar-refractivity contribution in [2.24, 2.45) is 10.2 Å². The van der Waals surface area contributed by atoms with E-state index < -0.39 is 0 Å². The molecule has 0 aliphatic carbocycles. The van der Waals surface area contributed by atoms with Crippen LogP contribution in [0.5, 0.6) is 0 Å². The van der Waals surface area contributed by atoms with E-state index in [0.29, 0.717) is 6.04 Å². The third-order valence-electron chi connectivity index (χ3n) is 0.956. The summed E-state index contributed by atoms with van der Waals surface area (Å²) in [6.45, 7) is 7.81. The molecule has 0 fully saturated rings. The van der Waals surface area contributed by atoms with Crippen molar-refractivity contribution in [3.63, 3.8) is 0 Å². The average Bonchev–Trinajstić information content (AvgIpc) is 1.63. The van der Waals surface area contributed by atoms with Gasteiger partial charge in [-0.25, -0.2) is 0 Å². The largest absolute Gasteiger partial charge is 0.197 e. The second kappa shape index (κ2) is 4.24. The van der Waals surface area contributed by atoms with Crippen LogP contribution in [0.15, 0.2) is 22.4 Å². The van der Waals surface area contributed by atoms with Crippen LogP contribution in [0, 0.1) is 0 Å². The molecule has 0 spiro atoms. The van der Waals surface area contributed by atoms with Crippen molar-refractivity contribution in [3.05, 3.63) is 12.2 Å². The molecule has 0 aliphatic heterocycles. The Morgan fingerprint density at radius 2 is 2.22 bits per heavy atom. The lowest BCUT2D eigenvalue weighted by Crippen LogP contribution is -1.95. The fraction of sp³-hybridized carbons (Fsp3) is 0.714. The number of azo groups is 1. The first-order valence-corrected chi connectivity index (χ1v) is 3.10. The molecule has 0 saturated carbocycles. The first-order chi connectivity index (χ1) is 4.16. The predicted molar refractivity (Wildman–Crippen MR) is 39.7 cm³/mol. The minimum Gasteiger partial charge on any atom is -0.197 e. The van der Waals surface area contributed by atoms with E-state index in [1.807, 2.05) is 13.8 Å². The minimum absolute atomic E-state index is 0.299. The maximum absolute atomic E-state index is 3.93. The Labute approximate surface area is 56.7 Å². The van der Waals surface area contributed by atoms with Crippen LogP contribution in [0.1, 0.15) is 20.3 Å². The van der Waals surface area contributed by atoms with E-state index in [4.69, 9.17) is 0 Å². The Bertz CT molecular complexity index is 116. The van der Waals surface area contributed by atoms with Gasteiger partial charge in [-0.3, -0.25) is 0 Å². The fourth-order valence-corrected chi connectivity index (χ4v) is 0.742. The molecule has 0 bridgehead atoms. The summed E-state index contributed by atoms with van der Waals surface area (Å²) in [7, 11) is 1.69. The number of hydrogen-bond donors (Lipinski definition) is 0. The molecule has 0 radical (unpaired) electrons. The lowest BCUT2D eigenvalue weighted by molar-refractivity contribution is 0.689. The lowest BCUT2D eigenvalue weighted by Gasteiger charge is -2.01. The molecule has 0 amide bonds. The molecule has 52 valence electrons. The fourth-order valence-electron chi connectivity index (χ4n) is 0.742. The summed E-state index contributed by atoms with van der Waals surface area (Å²) in [6, 6.07) is 0.299. The third kappa shape index (κ3) is 5.21. The second-order valence-electron chi connectivity index (χ2n) is 2.33. The zero-order valence-corrected chi connectivity index (χ0v) is 6.39. The zero-order valence-electron chi connectivity index (χ0n) is 6.39. The lowest BCUT2D eigenvalue weighted by atomic mass is 10.1. The van der Waals surface area contributed by atoms with Gasteiger partial charge in [-0.05, 0) is 20.3 Å². The van der Waals surface area contributed by atoms with E-state index in [1.165, 1.54) is 0 Å². The molecule has 9 heavy (non-hydrogen) atoms. The first-order valence-electron chi connectivity index (χ1n) is 3.10. The molecule has 2 nitrogen and oxygen atoms in total. The van der Waals surface area contributed by atoms with Gasteiger partial charge in [0.15, 0.2) is 0 Å². The van der Waals surface area contributed by atoms with Gasteiger partial charge >= 0.3 is 0 Å². The highest BCUT2D eigenvalue weighted by Crippen LogP contribution is 2.04. The van der Waals surface area contributed by atoms with E-state index in [9.17, 15) is 0 Å². The molecular formula is C7H14N2. The molecule has 0 N–H and O–H groups in total. The highest BCUT2D eigenvalue weighted by molar-refractivity contribution is 4.91. The summed E-state index contributed by atoms with van der Waals surface area (Å²) in [4.78, 5) is 0. The highest BCUT2D eigenvalue weighted by Gasteiger charge is 1.96. The Kier molecular flexibility index (Phi) is 3.93. The maximum Gasteiger partial charge on any atom is 0.0716 e. The van der Waals surface area contributed by atoms with E-state index in [0.717, 1.165) is 12.0 Å². The van der Waals surface area contributed by atoms with E-state index in [2.05, 4.69) is 16.8 Å². The van der Waals surface area contributed by atoms with Crippen LogP contribution in [0.3, 0.4) is 0 Å². The monoisotopic (exact) mass is 126 g/mol. The van der Waals surface area contributed by atoms with Crippen molar-refractivity contribution in [2.75, 3.05) is 7.05 Å². The van der Waals surface area contributed by atoms with Crippen LogP contribution < -0.4 is 0 Å². The zero-order chi connectivity index (χ0) is 7.28. The van der Waals surface area contributed by atoms with Crippen LogP contribution in [-0.2, 0) is 0 Å². The molecule has 0 saturated heterocycles. The maximum atomic E-state index is 3.93. The van der Waals surface area contributed by atoms with E-state index >= 15 is 0 Å². The molecule has 1 unspecified atom stereocenters. The van der Waals surface area contributed by atoms with Gasteiger partial charge in [0, 0.05) is 7.05 Å². The smallest absolute Gasteiger partial charge is 0.0716 e. The van der Waals surface area contributed by atoms with Crippen LogP contribution in [0.4, 0.5) is 0 Å². The quantitative estimate of drug-likeness (QED) is 0.410. The summed E-state index contributed by atoms with van der Waals surface area (Å²) in [5.74, 6) is 0. The van der Waals surface area contributed by atoms with Crippen molar-refractivity contribution in [1.29, 1.82) is 0 Å². The highest BCUT2D eigenvalue weighted by atomic mass is 15.1. The minimum atomic E-state index is 0.299. The third-order valence-corrected chi connectivity index (χ3v) is 0.956. The molecule has 0 aromatic rings. The van der Waals surface area contributed by atoms with Gasteiger partial charge in [-0.15, -0.1) is 6.58 Å². The van der Waals surface area contributed by atoms with Gasteiger partial charge in [0.1, 0.15) is 0 Å². The van der Waals surface area contributed by atoms with Crippen LogP contribution >= 0.6 is 0 Å². The molecular weight excluding hydrogens is 112 g/mol. The number of rotatable bonds is 3. The second-order valence-corrected chi connectivity index (χ2v) is 2.33. The van der Waals surface area contributed by atoms with Gasteiger partial charge in [0.25, 0.3) is 0 Å². The average molecular weight is 126 g/mol. The Balaban J connectivity index is 3.50. The molecule has 0 rings (SSSR count). The first kappa shape index (κ1) is 8.34. The van der Waals surface area contributed by atoms with Crippen molar-refractivity contribution in [3.8, 4) is 0 Å². The van der Waals surface area contributed by atoms with Crippen LogP contribution in [0.2, 0.25) is 0 Å². The molecule has 0 aromatic carbocycles. The van der Waals surface area contributed by atoms with Gasteiger partial charge in [0.05, 0.1) is 6.04 Å². The molecule has 0 heterocycles. The Hall–Kier alpha value is -0.660. The summed E-state index contributed by atoms with van der Waals surface area (Å²) >= 11 is 0. The Morgan fingerprint density at radius 3 is 2.56 bits per heavy atom. The topological polar surface area (TPSA) is 24.7 Å². The molecule has 2 heteroatoms. The summed E-state index contributed by atoms with van der Waals surface area (Å²) < 4.78 is 0.